The first-order valence-corrected chi connectivity index (χ1v) is 5.50. The normalized spacial score (nSPS) is 12.6. The molecule has 1 rings (SSSR count). The summed E-state index contributed by atoms with van der Waals surface area (Å²) in [6, 6.07) is 7.14. The van der Waals surface area contributed by atoms with Gasteiger partial charge in [-0.2, -0.15) is 0 Å². The molecule has 1 aromatic carbocycles. The van der Waals surface area contributed by atoms with E-state index in [0.717, 1.165) is 5.56 Å². The molecule has 0 aliphatic rings. The number of hydrogen-bond donors (Lipinski definition) is 3. The highest BCUT2D eigenvalue weighted by atomic mass is 35.5. The summed E-state index contributed by atoms with van der Waals surface area (Å²) in [5, 5.41) is 20.6. The van der Waals surface area contributed by atoms with Crippen molar-refractivity contribution in [2.75, 3.05) is 13.2 Å². The number of rotatable bonds is 5. The molecule has 0 unspecified atom stereocenters. The lowest BCUT2D eigenvalue weighted by atomic mass is 10.2. The Balaban J connectivity index is 2.49. The van der Waals surface area contributed by atoms with E-state index in [4.69, 9.17) is 21.8 Å². The molecule has 3 N–H and O–H groups in total. The molecule has 0 spiro atoms. The van der Waals surface area contributed by atoms with Gasteiger partial charge in [0.2, 0.25) is 5.91 Å². The molecule has 0 fully saturated rings. The van der Waals surface area contributed by atoms with Crippen LogP contribution in [-0.4, -0.2) is 35.4 Å². The molecule has 0 saturated heterocycles. The lowest BCUT2D eigenvalue weighted by Crippen LogP contribution is -2.32. The molecule has 92 valence electrons. The number of halogens is 1. The Hall–Kier alpha value is -1.36. The third-order valence-electron chi connectivity index (χ3n) is 2.04. The van der Waals surface area contributed by atoms with Gasteiger partial charge < -0.3 is 15.5 Å². The van der Waals surface area contributed by atoms with Crippen LogP contribution in [-0.2, 0) is 4.79 Å². The molecule has 0 heterocycles. The van der Waals surface area contributed by atoms with Crippen LogP contribution in [0.25, 0.3) is 6.08 Å². The number of carbonyl (C=O) groups excluding carboxylic acids is 1. The van der Waals surface area contributed by atoms with Gasteiger partial charge in [0, 0.05) is 17.6 Å². The van der Waals surface area contributed by atoms with Gasteiger partial charge in [-0.05, 0) is 17.7 Å². The molecular weight excluding hydrogens is 242 g/mol. The van der Waals surface area contributed by atoms with Crippen LogP contribution in [0.3, 0.4) is 0 Å². The van der Waals surface area contributed by atoms with Crippen molar-refractivity contribution in [3.63, 3.8) is 0 Å². The van der Waals surface area contributed by atoms with Crippen molar-refractivity contribution in [1.82, 2.24) is 5.32 Å². The van der Waals surface area contributed by atoms with Crippen LogP contribution in [0.5, 0.6) is 0 Å². The predicted molar refractivity (Wildman–Crippen MR) is 66.6 cm³/mol. The van der Waals surface area contributed by atoms with E-state index >= 15 is 0 Å². The fourth-order valence-corrected chi connectivity index (χ4v) is 1.32. The number of aliphatic hydroxyl groups excluding tert-OH is 2. The van der Waals surface area contributed by atoms with Gasteiger partial charge >= 0.3 is 0 Å². The molecule has 4 nitrogen and oxygen atoms in total. The summed E-state index contributed by atoms with van der Waals surface area (Å²) in [7, 11) is 0. The van der Waals surface area contributed by atoms with Crippen LogP contribution in [0.2, 0.25) is 5.02 Å². The van der Waals surface area contributed by atoms with Gasteiger partial charge in [-0.1, -0.05) is 29.8 Å². The van der Waals surface area contributed by atoms with E-state index < -0.39 is 6.10 Å². The summed E-state index contributed by atoms with van der Waals surface area (Å²) in [6.07, 6.45) is 1.97. The van der Waals surface area contributed by atoms with E-state index in [-0.39, 0.29) is 19.1 Å². The number of hydrogen-bond acceptors (Lipinski definition) is 3. The van der Waals surface area contributed by atoms with Crippen LogP contribution < -0.4 is 5.32 Å². The van der Waals surface area contributed by atoms with E-state index in [0.29, 0.717) is 5.02 Å². The Morgan fingerprint density at radius 2 is 2.18 bits per heavy atom. The monoisotopic (exact) mass is 255 g/mol. The topological polar surface area (TPSA) is 69.6 Å². The zero-order valence-corrected chi connectivity index (χ0v) is 9.89. The standard InChI is InChI=1S/C12H14ClNO3/c13-11-4-2-1-3-9(11)5-6-12(17)14-7-10(16)8-15/h1-6,10,15-16H,7-8H2,(H,14,17)/b6-5-/t10-/m0/s1. The third-order valence-corrected chi connectivity index (χ3v) is 2.39. The number of aliphatic hydroxyl groups is 2. The highest BCUT2D eigenvalue weighted by Crippen LogP contribution is 2.15. The molecular formula is C12H14ClNO3. The van der Waals surface area contributed by atoms with Crippen molar-refractivity contribution >= 4 is 23.6 Å². The minimum absolute atomic E-state index is 0.0161. The molecule has 0 aliphatic carbocycles. The summed E-state index contributed by atoms with van der Waals surface area (Å²) in [4.78, 5) is 11.3. The van der Waals surface area contributed by atoms with Gasteiger partial charge in [-0.15, -0.1) is 0 Å². The molecule has 0 bridgehead atoms. The maximum absolute atomic E-state index is 11.3. The van der Waals surface area contributed by atoms with E-state index in [1.165, 1.54) is 6.08 Å². The lowest BCUT2D eigenvalue weighted by Gasteiger charge is -2.06. The quantitative estimate of drug-likeness (QED) is 0.683. The number of nitrogens with one attached hydrogen (secondary N) is 1. The molecule has 5 heteroatoms. The second-order valence-corrected chi connectivity index (χ2v) is 3.84. The number of amides is 1. The Bertz CT molecular complexity index is 406. The maximum atomic E-state index is 11.3. The van der Waals surface area contributed by atoms with Crippen molar-refractivity contribution in [2.45, 2.75) is 6.10 Å². The molecule has 0 aromatic heterocycles. The Labute approximate surface area is 105 Å². The molecule has 1 amide bonds. The zero-order valence-electron chi connectivity index (χ0n) is 9.14. The van der Waals surface area contributed by atoms with Gasteiger partial charge in [0.05, 0.1) is 12.7 Å². The highest BCUT2D eigenvalue weighted by Gasteiger charge is 2.03. The summed E-state index contributed by atoms with van der Waals surface area (Å²) >= 11 is 5.90. The van der Waals surface area contributed by atoms with Gasteiger partial charge in [0.1, 0.15) is 0 Å². The maximum Gasteiger partial charge on any atom is 0.244 e. The first-order valence-electron chi connectivity index (χ1n) is 5.13. The van der Waals surface area contributed by atoms with Crippen molar-refractivity contribution < 1.29 is 15.0 Å². The average Bonchev–Trinajstić information content (AvgIpc) is 2.35. The van der Waals surface area contributed by atoms with Crippen molar-refractivity contribution in [2.24, 2.45) is 0 Å². The van der Waals surface area contributed by atoms with E-state index in [9.17, 15) is 4.79 Å². The summed E-state index contributed by atoms with van der Waals surface area (Å²) < 4.78 is 0. The summed E-state index contributed by atoms with van der Waals surface area (Å²) in [6.45, 7) is -0.364. The Morgan fingerprint density at radius 3 is 2.82 bits per heavy atom. The van der Waals surface area contributed by atoms with Crippen molar-refractivity contribution in [1.29, 1.82) is 0 Å². The minimum Gasteiger partial charge on any atom is -0.394 e. The highest BCUT2D eigenvalue weighted by molar-refractivity contribution is 6.32. The molecule has 1 aromatic rings. The van der Waals surface area contributed by atoms with Crippen LogP contribution in [0.4, 0.5) is 0 Å². The second-order valence-electron chi connectivity index (χ2n) is 3.44. The molecule has 0 saturated carbocycles. The van der Waals surface area contributed by atoms with Gasteiger partial charge in [0.15, 0.2) is 0 Å². The number of carbonyl (C=O) groups is 1. The zero-order chi connectivity index (χ0) is 12.7. The van der Waals surface area contributed by atoms with Gasteiger partial charge in [-0.3, -0.25) is 4.79 Å². The SMILES string of the molecule is O=C(/C=C\c1ccccc1Cl)NC[C@H](O)CO. The first-order chi connectivity index (χ1) is 8.13. The summed E-state index contributed by atoms with van der Waals surface area (Å²) in [5.41, 5.74) is 0.743. The average molecular weight is 256 g/mol. The first kappa shape index (κ1) is 13.7. The third kappa shape index (κ3) is 4.99. The fraction of sp³-hybridized carbons (Fsp3) is 0.250. The molecule has 1 atom stereocenters. The molecule has 0 aliphatic heterocycles. The van der Waals surface area contributed by atoms with Gasteiger partial charge in [-0.25, -0.2) is 0 Å². The van der Waals surface area contributed by atoms with E-state index in [2.05, 4.69) is 5.32 Å². The Kier molecular flexibility index (Phi) is 5.69. The van der Waals surface area contributed by atoms with Crippen LogP contribution in [0, 0.1) is 0 Å². The molecule has 0 radical (unpaired) electrons. The van der Waals surface area contributed by atoms with E-state index in [1.807, 2.05) is 6.07 Å². The minimum atomic E-state index is -0.937. The van der Waals surface area contributed by atoms with Crippen molar-refractivity contribution in [3.05, 3.63) is 40.9 Å². The summed E-state index contributed by atoms with van der Waals surface area (Å²) in [5.74, 6) is -0.350. The Morgan fingerprint density at radius 1 is 1.47 bits per heavy atom. The number of benzene rings is 1. The molecule has 17 heavy (non-hydrogen) atoms. The lowest BCUT2D eigenvalue weighted by molar-refractivity contribution is -0.117. The van der Waals surface area contributed by atoms with Crippen LogP contribution in [0.15, 0.2) is 30.3 Å². The smallest absolute Gasteiger partial charge is 0.244 e. The fourth-order valence-electron chi connectivity index (χ4n) is 1.12. The van der Waals surface area contributed by atoms with Gasteiger partial charge in [0.25, 0.3) is 0 Å². The van der Waals surface area contributed by atoms with Crippen LogP contribution >= 0.6 is 11.6 Å². The largest absolute Gasteiger partial charge is 0.394 e. The van der Waals surface area contributed by atoms with E-state index in [1.54, 1.807) is 24.3 Å². The van der Waals surface area contributed by atoms with Crippen LogP contribution in [0.1, 0.15) is 5.56 Å². The second kappa shape index (κ2) is 7.06. The predicted octanol–water partition coefficient (Wildman–Crippen LogP) is 0.823. The van der Waals surface area contributed by atoms with Crippen molar-refractivity contribution in [3.8, 4) is 0 Å².